The fraction of sp³-hybridized carbons (Fsp3) is 0.571. The third-order valence-corrected chi connectivity index (χ3v) is 4.02. The van der Waals surface area contributed by atoms with E-state index >= 15 is 0 Å². The SMILES string of the molecule is COc1c[nH]c(CN2CCCCC2(C)C(=O)O)cc1=O. The van der Waals surface area contributed by atoms with E-state index in [-0.39, 0.29) is 11.2 Å². The van der Waals surface area contributed by atoms with Gasteiger partial charge in [-0.25, -0.2) is 0 Å². The van der Waals surface area contributed by atoms with E-state index in [1.165, 1.54) is 19.4 Å². The summed E-state index contributed by atoms with van der Waals surface area (Å²) in [6, 6.07) is 1.47. The molecule has 0 saturated carbocycles. The lowest BCUT2D eigenvalue weighted by Gasteiger charge is -2.41. The van der Waals surface area contributed by atoms with Gasteiger partial charge >= 0.3 is 5.97 Å². The van der Waals surface area contributed by atoms with Crippen LogP contribution in [0.1, 0.15) is 31.9 Å². The molecule has 0 aromatic carbocycles. The van der Waals surface area contributed by atoms with E-state index in [0.29, 0.717) is 18.7 Å². The largest absolute Gasteiger partial charge is 0.491 e. The van der Waals surface area contributed by atoms with Crippen LogP contribution < -0.4 is 10.2 Å². The highest BCUT2D eigenvalue weighted by Gasteiger charge is 2.41. The van der Waals surface area contributed by atoms with Crippen LogP contribution in [0.4, 0.5) is 0 Å². The third-order valence-electron chi connectivity index (χ3n) is 4.02. The van der Waals surface area contributed by atoms with Gasteiger partial charge < -0.3 is 14.8 Å². The first-order valence-corrected chi connectivity index (χ1v) is 6.71. The van der Waals surface area contributed by atoms with Crippen molar-refractivity contribution in [3.63, 3.8) is 0 Å². The number of H-pyrrole nitrogens is 1. The molecule has 1 saturated heterocycles. The summed E-state index contributed by atoms with van der Waals surface area (Å²) in [5.41, 5.74) is -0.366. The molecule has 1 atom stereocenters. The topological polar surface area (TPSA) is 82.6 Å². The van der Waals surface area contributed by atoms with Crippen molar-refractivity contribution in [3.05, 3.63) is 28.2 Å². The smallest absolute Gasteiger partial charge is 0.323 e. The summed E-state index contributed by atoms with van der Waals surface area (Å²) in [5, 5.41) is 9.45. The number of aromatic nitrogens is 1. The molecule has 0 spiro atoms. The number of carboxylic acid groups (broad SMARTS) is 1. The molecule has 0 bridgehead atoms. The highest BCUT2D eigenvalue weighted by atomic mass is 16.5. The number of nitrogens with zero attached hydrogens (tertiary/aromatic N) is 1. The van der Waals surface area contributed by atoms with Crippen molar-refractivity contribution >= 4 is 5.97 Å². The number of aromatic amines is 1. The fourth-order valence-corrected chi connectivity index (χ4v) is 2.63. The summed E-state index contributed by atoms with van der Waals surface area (Å²) in [4.78, 5) is 28.1. The van der Waals surface area contributed by atoms with Gasteiger partial charge in [-0.15, -0.1) is 0 Å². The molecule has 6 heteroatoms. The average molecular weight is 280 g/mol. The lowest BCUT2D eigenvalue weighted by Crippen LogP contribution is -2.54. The van der Waals surface area contributed by atoms with E-state index in [1.807, 2.05) is 4.90 Å². The molecule has 0 aliphatic carbocycles. The number of carboxylic acids is 1. The van der Waals surface area contributed by atoms with Crippen LogP contribution in [0.25, 0.3) is 0 Å². The van der Waals surface area contributed by atoms with E-state index in [0.717, 1.165) is 19.4 Å². The zero-order valence-electron chi connectivity index (χ0n) is 11.8. The number of hydrogen-bond donors (Lipinski definition) is 2. The number of pyridine rings is 1. The number of hydrogen-bond acceptors (Lipinski definition) is 4. The Morgan fingerprint density at radius 1 is 1.55 bits per heavy atom. The molecule has 0 radical (unpaired) electrons. The van der Waals surface area contributed by atoms with Crippen LogP contribution in [0, 0.1) is 0 Å². The Labute approximate surface area is 117 Å². The molecule has 2 heterocycles. The molecule has 1 aliphatic rings. The predicted molar refractivity (Wildman–Crippen MR) is 73.9 cm³/mol. The maximum Gasteiger partial charge on any atom is 0.323 e. The molecule has 1 fully saturated rings. The summed E-state index contributed by atoms with van der Waals surface area (Å²) in [5.74, 6) is -0.554. The van der Waals surface area contributed by atoms with Crippen LogP contribution in [0.5, 0.6) is 5.75 Å². The molecule has 6 nitrogen and oxygen atoms in total. The van der Waals surface area contributed by atoms with Crippen LogP contribution in [0.15, 0.2) is 17.1 Å². The minimum Gasteiger partial charge on any atom is -0.491 e. The van der Waals surface area contributed by atoms with Crippen molar-refractivity contribution in [1.29, 1.82) is 0 Å². The van der Waals surface area contributed by atoms with E-state index < -0.39 is 11.5 Å². The lowest BCUT2D eigenvalue weighted by molar-refractivity contribution is -0.153. The van der Waals surface area contributed by atoms with E-state index in [1.54, 1.807) is 6.92 Å². The van der Waals surface area contributed by atoms with Gasteiger partial charge in [-0.2, -0.15) is 0 Å². The van der Waals surface area contributed by atoms with Crippen LogP contribution >= 0.6 is 0 Å². The van der Waals surface area contributed by atoms with Gasteiger partial charge in [-0.05, 0) is 32.7 Å². The Morgan fingerprint density at radius 2 is 2.30 bits per heavy atom. The van der Waals surface area contributed by atoms with E-state index in [4.69, 9.17) is 4.74 Å². The number of ether oxygens (including phenoxy) is 1. The van der Waals surface area contributed by atoms with Crippen molar-refractivity contribution in [2.24, 2.45) is 0 Å². The highest BCUT2D eigenvalue weighted by Crippen LogP contribution is 2.29. The van der Waals surface area contributed by atoms with Gasteiger partial charge in [-0.1, -0.05) is 0 Å². The van der Waals surface area contributed by atoms with Gasteiger partial charge in [0.2, 0.25) is 5.43 Å². The molecular weight excluding hydrogens is 260 g/mol. The van der Waals surface area contributed by atoms with Crippen LogP contribution in [0.2, 0.25) is 0 Å². The first-order valence-electron chi connectivity index (χ1n) is 6.71. The van der Waals surface area contributed by atoms with Gasteiger partial charge in [0.25, 0.3) is 0 Å². The summed E-state index contributed by atoms with van der Waals surface area (Å²) < 4.78 is 4.92. The first kappa shape index (κ1) is 14.6. The normalized spacial score (nSPS) is 23.5. The standard InChI is InChI=1S/C14H20N2O4/c1-14(13(18)19)5-3-4-6-16(14)9-10-7-11(17)12(20-2)8-15-10/h7-8H,3-6,9H2,1-2H3,(H,15,17)(H,18,19). The first-order chi connectivity index (χ1) is 9.47. The van der Waals surface area contributed by atoms with Crippen molar-refractivity contribution in [3.8, 4) is 5.75 Å². The minimum atomic E-state index is -0.866. The average Bonchev–Trinajstić information content (AvgIpc) is 2.41. The number of likely N-dealkylation sites (tertiary alicyclic amines) is 1. The molecular formula is C14H20N2O4. The van der Waals surface area contributed by atoms with Crippen molar-refractivity contribution in [2.45, 2.75) is 38.3 Å². The zero-order valence-corrected chi connectivity index (χ0v) is 11.8. The molecule has 2 N–H and O–H groups in total. The predicted octanol–water partition coefficient (Wildman–Crippen LogP) is 1.21. The van der Waals surface area contributed by atoms with Gasteiger partial charge in [0.1, 0.15) is 5.54 Å². The second kappa shape index (κ2) is 5.66. The van der Waals surface area contributed by atoms with Crippen molar-refractivity contribution in [1.82, 2.24) is 9.88 Å². The third kappa shape index (κ3) is 2.70. The number of rotatable bonds is 4. The maximum atomic E-state index is 11.7. The Hall–Kier alpha value is -1.82. The Balaban J connectivity index is 2.21. The number of nitrogens with one attached hydrogen (secondary N) is 1. The number of methoxy groups -OCH3 is 1. The maximum absolute atomic E-state index is 11.7. The minimum absolute atomic E-state index is 0.199. The lowest BCUT2D eigenvalue weighted by atomic mass is 9.88. The number of carbonyl (C=O) groups is 1. The van der Waals surface area contributed by atoms with Gasteiger partial charge in [0, 0.05) is 24.5 Å². The Bertz CT molecular complexity index is 554. The summed E-state index contributed by atoms with van der Waals surface area (Å²) >= 11 is 0. The zero-order chi connectivity index (χ0) is 14.8. The molecule has 20 heavy (non-hydrogen) atoms. The number of aliphatic carboxylic acids is 1. The second-order valence-corrected chi connectivity index (χ2v) is 5.35. The molecule has 1 unspecified atom stereocenters. The number of piperidine rings is 1. The molecule has 0 amide bonds. The van der Waals surface area contributed by atoms with Crippen LogP contribution in [-0.4, -0.2) is 40.2 Å². The molecule has 1 aromatic rings. The molecule has 1 aliphatic heterocycles. The summed E-state index contributed by atoms with van der Waals surface area (Å²) in [6.07, 6.45) is 4.03. The Kier molecular flexibility index (Phi) is 4.13. The fourth-order valence-electron chi connectivity index (χ4n) is 2.63. The van der Waals surface area contributed by atoms with Crippen LogP contribution in [0.3, 0.4) is 0 Å². The molecule has 2 rings (SSSR count). The van der Waals surface area contributed by atoms with Gasteiger partial charge in [-0.3, -0.25) is 14.5 Å². The Morgan fingerprint density at radius 3 is 2.90 bits per heavy atom. The van der Waals surface area contributed by atoms with E-state index in [9.17, 15) is 14.7 Å². The van der Waals surface area contributed by atoms with Crippen molar-refractivity contribution in [2.75, 3.05) is 13.7 Å². The molecule has 110 valence electrons. The van der Waals surface area contributed by atoms with Gasteiger partial charge in [0.15, 0.2) is 5.75 Å². The molecule has 1 aromatic heterocycles. The highest BCUT2D eigenvalue weighted by molar-refractivity contribution is 5.78. The second-order valence-electron chi connectivity index (χ2n) is 5.35. The monoisotopic (exact) mass is 280 g/mol. The van der Waals surface area contributed by atoms with Gasteiger partial charge in [0.05, 0.1) is 7.11 Å². The van der Waals surface area contributed by atoms with Crippen LogP contribution in [-0.2, 0) is 11.3 Å². The quantitative estimate of drug-likeness (QED) is 0.866. The van der Waals surface area contributed by atoms with Crippen molar-refractivity contribution < 1.29 is 14.6 Å². The van der Waals surface area contributed by atoms with E-state index in [2.05, 4.69) is 4.98 Å². The summed E-state index contributed by atoms with van der Waals surface area (Å²) in [6.45, 7) is 2.88. The summed E-state index contributed by atoms with van der Waals surface area (Å²) in [7, 11) is 1.44.